The number of halogens is 2. The summed E-state index contributed by atoms with van der Waals surface area (Å²) in [6, 6.07) is 12.6. The van der Waals surface area contributed by atoms with Crippen LogP contribution in [0, 0.1) is 10.1 Å². The average Bonchev–Trinajstić information content (AvgIpc) is 2.52. The van der Waals surface area contributed by atoms with Crippen LogP contribution in [0.5, 0.6) is 11.5 Å². The third-order valence-electron chi connectivity index (χ3n) is 2.98. The second kappa shape index (κ2) is 7.35. The molecule has 2 aromatic rings. The Labute approximate surface area is 130 Å². The van der Waals surface area contributed by atoms with Crippen LogP contribution in [0.2, 0.25) is 0 Å². The van der Waals surface area contributed by atoms with Crippen LogP contribution in [0.15, 0.2) is 48.5 Å². The van der Waals surface area contributed by atoms with Crippen molar-refractivity contribution in [2.24, 2.45) is 0 Å². The molecule has 0 N–H and O–H groups in total. The summed E-state index contributed by atoms with van der Waals surface area (Å²) in [7, 11) is 1.29. The van der Waals surface area contributed by atoms with E-state index in [-0.39, 0.29) is 22.8 Å². The molecule has 0 saturated heterocycles. The minimum absolute atomic E-state index is 0.0662. The van der Waals surface area contributed by atoms with Crippen LogP contribution < -0.4 is 9.47 Å². The first-order chi connectivity index (χ1) is 11.0. The fraction of sp³-hybridized carbons (Fsp3) is 0.125. The van der Waals surface area contributed by atoms with E-state index in [4.69, 9.17) is 4.74 Å². The zero-order valence-corrected chi connectivity index (χ0v) is 12.1. The van der Waals surface area contributed by atoms with Gasteiger partial charge in [-0.25, -0.2) is 0 Å². The Kier molecular flexibility index (Phi) is 5.24. The zero-order valence-electron chi connectivity index (χ0n) is 12.1. The maximum absolute atomic E-state index is 12.4. The van der Waals surface area contributed by atoms with Gasteiger partial charge in [-0.1, -0.05) is 30.3 Å². The van der Waals surface area contributed by atoms with E-state index in [1.807, 2.05) is 0 Å². The third-order valence-corrected chi connectivity index (χ3v) is 2.98. The molecular formula is C16H13F2NO4. The maximum atomic E-state index is 12.4. The summed E-state index contributed by atoms with van der Waals surface area (Å²) in [5, 5.41) is 11.3. The topological polar surface area (TPSA) is 61.6 Å². The van der Waals surface area contributed by atoms with E-state index in [2.05, 4.69) is 4.74 Å². The summed E-state index contributed by atoms with van der Waals surface area (Å²) in [6.07, 6.45) is 1.36. The van der Waals surface area contributed by atoms with E-state index in [9.17, 15) is 18.9 Å². The van der Waals surface area contributed by atoms with Crippen LogP contribution in [0.3, 0.4) is 0 Å². The van der Waals surface area contributed by atoms with Gasteiger partial charge >= 0.3 is 6.61 Å². The first kappa shape index (κ1) is 16.4. The molecule has 0 radical (unpaired) electrons. The summed E-state index contributed by atoms with van der Waals surface area (Å²) in [5.41, 5.74) is 0.514. The Morgan fingerprint density at radius 1 is 1.17 bits per heavy atom. The molecule has 7 heteroatoms. The zero-order chi connectivity index (χ0) is 16.8. The van der Waals surface area contributed by atoms with Gasteiger partial charge in [-0.15, -0.1) is 0 Å². The van der Waals surface area contributed by atoms with Crippen LogP contribution in [0.4, 0.5) is 8.78 Å². The maximum Gasteiger partial charge on any atom is 0.387 e. The van der Waals surface area contributed by atoms with E-state index >= 15 is 0 Å². The van der Waals surface area contributed by atoms with E-state index in [0.717, 1.165) is 6.07 Å². The van der Waals surface area contributed by atoms with E-state index in [1.54, 1.807) is 30.3 Å². The average molecular weight is 321 g/mol. The number of hydrogen-bond acceptors (Lipinski definition) is 4. The summed E-state index contributed by atoms with van der Waals surface area (Å²) in [5.74, 6) is -0.197. The van der Waals surface area contributed by atoms with Gasteiger partial charge in [0.2, 0.25) is 0 Å². The number of nitrogens with zero attached hydrogens (tertiary/aromatic N) is 1. The lowest BCUT2D eigenvalue weighted by Crippen LogP contribution is -2.05. The largest absolute Gasteiger partial charge is 0.493 e. The standard InChI is InChI=1S/C16H13F2NO4/c1-22-14-8-7-12(10-15(14)23-16(17)18)13(19(20)21)9-11-5-3-2-4-6-11/h2-10,16H,1H3. The van der Waals surface area contributed by atoms with Gasteiger partial charge in [-0.2, -0.15) is 8.78 Å². The summed E-state index contributed by atoms with van der Waals surface area (Å²) in [4.78, 5) is 10.7. The minimum atomic E-state index is -3.06. The second-order valence-corrected chi connectivity index (χ2v) is 4.44. The van der Waals surface area contributed by atoms with E-state index < -0.39 is 11.5 Å². The van der Waals surface area contributed by atoms with Gasteiger partial charge < -0.3 is 9.47 Å². The molecule has 0 aromatic heterocycles. The number of benzene rings is 2. The number of ether oxygens (including phenoxy) is 2. The van der Waals surface area contributed by atoms with Crippen molar-refractivity contribution in [3.63, 3.8) is 0 Å². The first-order valence-corrected chi connectivity index (χ1v) is 6.55. The van der Waals surface area contributed by atoms with E-state index in [0.29, 0.717) is 5.56 Å². The molecule has 0 heterocycles. The Hall–Kier alpha value is -2.96. The Morgan fingerprint density at radius 3 is 2.43 bits per heavy atom. The van der Waals surface area contributed by atoms with Gasteiger partial charge in [0.1, 0.15) is 0 Å². The molecule has 0 spiro atoms. The molecule has 0 unspecified atom stereocenters. The number of hydrogen-bond donors (Lipinski definition) is 0. The van der Waals surface area contributed by atoms with Crippen molar-refractivity contribution in [2.75, 3.05) is 7.11 Å². The van der Waals surface area contributed by atoms with Crippen LogP contribution in [0.1, 0.15) is 11.1 Å². The van der Waals surface area contributed by atoms with Gasteiger partial charge in [0.25, 0.3) is 5.70 Å². The molecule has 0 aliphatic carbocycles. The van der Waals surface area contributed by atoms with Crippen LogP contribution in [-0.4, -0.2) is 18.6 Å². The van der Waals surface area contributed by atoms with Crippen molar-refractivity contribution >= 4 is 11.8 Å². The molecule has 2 aromatic carbocycles. The molecule has 0 saturated carbocycles. The quantitative estimate of drug-likeness (QED) is 0.457. The van der Waals surface area contributed by atoms with Crippen LogP contribution in [-0.2, 0) is 0 Å². The molecule has 5 nitrogen and oxygen atoms in total. The Morgan fingerprint density at radius 2 is 1.87 bits per heavy atom. The minimum Gasteiger partial charge on any atom is -0.493 e. The predicted molar refractivity (Wildman–Crippen MR) is 80.9 cm³/mol. The third kappa shape index (κ3) is 4.26. The summed E-state index contributed by atoms with van der Waals surface area (Å²) >= 11 is 0. The molecule has 0 atom stereocenters. The molecule has 0 aliphatic rings. The molecular weight excluding hydrogens is 308 g/mol. The first-order valence-electron chi connectivity index (χ1n) is 6.55. The van der Waals surface area contributed by atoms with Crippen molar-refractivity contribution in [2.45, 2.75) is 6.61 Å². The molecule has 0 bridgehead atoms. The lowest BCUT2D eigenvalue weighted by atomic mass is 10.1. The lowest BCUT2D eigenvalue weighted by Gasteiger charge is -2.10. The predicted octanol–water partition coefficient (Wildman–Crippen LogP) is 4.07. The summed E-state index contributed by atoms with van der Waals surface area (Å²) in [6.45, 7) is -3.06. The summed E-state index contributed by atoms with van der Waals surface area (Å²) < 4.78 is 34.2. The highest BCUT2D eigenvalue weighted by Crippen LogP contribution is 2.32. The highest BCUT2D eigenvalue weighted by atomic mass is 19.3. The number of rotatable bonds is 6. The van der Waals surface area contributed by atoms with Crippen LogP contribution in [0.25, 0.3) is 11.8 Å². The van der Waals surface area contributed by atoms with Gasteiger partial charge in [-0.3, -0.25) is 10.1 Å². The molecule has 120 valence electrons. The van der Waals surface area contributed by atoms with Gasteiger partial charge in [0.05, 0.1) is 17.6 Å². The molecule has 0 aliphatic heterocycles. The number of nitro groups is 1. The highest BCUT2D eigenvalue weighted by Gasteiger charge is 2.19. The Balaban J connectivity index is 2.48. The number of alkyl halides is 2. The smallest absolute Gasteiger partial charge is 0.387 e. The number of methoxy groups -OCH3 is 1. The lowest BCUT2D eigenvalue weighted by molar-refractivity contribution is -0.374. The van der Waals surface area contributed by atoms with Crippen molar-refractivity contribution in [3.05, 3.63) is 69.8 Å². The van der Waals surface area contributed by atoms with Crippen molar-refractivity contribution in [3.8, 4) is 11.5 Å². The SMILES string of the molecule is COc1ccc(C(=Cc2ccccc2)[N+](=O)[O-])cc1OC(F)F. The van der Waals surface area contributed by atoms with Crippen LogP contribution >= 0.6 is 0 Å². The van der Waals surface area contributed by atoms with Crippen molar-refractivity contribution < 1.29 is 23.2 Å². The molecule has 23 heavy (non-hydrogen) atoms. The molecule has 0 fully saturated rings. The highest BCUT2D eigenvalue weighted by molar-refractivity contribution is 5.77. The normalized spacial score (nSPS) is 11.4. The van der Waals surface area contributed by atoms with Gasteiger partial charge in [0.15, 0.2) is 11.5 Å². The second-order valence-electron chi connectivity index (χ2n) is 4.44. The molecule has 0 amide bonds. The van der Waals surface area contributed by atoms with Crippen molar-refractivity contribution in [1.82, 2.24) is 0 Å². The van der Waals surface area contributed by atoms with Gasteiger partial charge in [-0.05, 0) is 23.8 Å². The van der Waals surface area contributed by atoms with Crippen molar-refractivity contribution in [1.29, 1.82) is 0 Å². The monoisotopic (exact) mass is 321 g/mol. The Bertz CT molecular complexity index is 717. The molecule has 2 rings (SSSR count). The fourth-order valence-electron chi connectivity index (χ4n) is 1.97. The fourth-order valence-corrected chi connectivity index (χ4v) is 1.97. The van der Waals surface area contributed by atoms with Gasteiger partial charge in [0, 0.05) is 6.08 Å². The van der Waals surface area contributed by atoms with E-state index in [1.165, 1.54) is 25.3 Å².